The van der Waals surface area contributed by atoms with Gasteiger partial charge in [0.2, 0.25) is 5.88 Å². The SMILES string of the molecule is CNc1cc(Oc2ccc(NC(=O)Nc3cc(C(C)(C)C)nn3-c3ccc(CN4CCN(C)CC4)cc3)cc2)ncn1. The molecule has 0 radical (unpaired) electrons. The zero-order chi connectivity index (χ0) is 29.7. The lowest BCUT2D eigenvalue weighted by Crippen LogP contribution is -2.43. The average Bonchev–Trinajstić information content (AvgIpc) is 3.40. The molecule has 0 unspecified atom stereocenters. The van der Waals surface area contributed by atoms with Crippen LogP contribution >= 0.6 is 0 Å². The Balaban J connectivity index is 1.26. The van der Waals surface area contributed by atoms with Crippen LogP contribution in [0.1, 0.15) is 32.0 Å². The molecule has 1 aliphatic heterocycles. The fourth-order valence-electron chi connectivity index (χ4n) is 4.58. The number of hydrogen-bond donors (Lipinski definition) is 3. The van der Waals surface area contributed by atoms with E-state index >= 15 is 0 Å². The molecule has 0 bridgehead atoms. The summed E-state index contributed by atoms with van der Waals surface area (Å²) in [7, 11) is 3.95. The minimum Gasteiger partial charge on any atom is -0.439 e. The first-order chi connectivity index (χ1) is 20.2. The Morgan fingerprint density at radius 3 is 2.31 bits per heavy atom. The average molecular weight is 570 g/mol. The second-order valence-corrected chi connectivity index (χ2v) is 11.5. The van der Waals surface area contributed by atoms with Gasteiger partial charge in [-0.25, -0.2) is 19.4 Å². The Labute approximate surface area is 246 Å². The predicted octanol–water partition coefficient (Wildman–Crippen LogP) is 5.19. The molecular weight excluding hydrogens is 530 g/mol. The maximum absolute atomic E-state index is 13.0. The highest BCUT2D eigenvalue weighted by molar-refractivity contribution is 5.99. The van der Waals surface area contributed by atoms with Gasteiger partial charge in [-0.3, -0.25) is 10.2 Å². The van der Waals surface area contributed by atoms with Crippen LogP contribution in [0.15, 0.2) is 67.0 Å². The van der Waals surface area contributed by atoms with Crippen LogP contribution in [0.5, 0.6) is 11.6 Å². The molecular formula is C31H39N9O2. The van der Waals surface area contributed by atoms with Gasteiger partial charge in [0.1, 0.15) is 23.7 Å². The minimum absolute atomic E-state index is 0.188. The number of ether oxygens (including phenoxy) is 1. The van der Waals surface area contributed by atoms with Gasteiger partial charge in [-0.1, -0.05) is 32.9 Å². The van der Waals surface area contributed by atoms with Crippen molar-refractivity contribution in [3.05, 3.63) is 78.2 Å². The van der Waals surface area contributed by atoms with E-state index in [0.717, 1.165) is 44.1 Å². The summed E-state index contributed by atoms with van der Waals surface area (Å²) in [5, 5.41) is 13.7. The van der Waals surface area contributed by atoms with Gasteiger partial charge < -0.3 is 20.3 Å². The van der Waals surface area contributed by atoms with Gasteiger partial charge in [0.15, 0.2) is 0 Å². The summed E-state index contributed by atoms with van der Waals surface area (Å²) in [5.41, 5.74) is 3.46. The Bertz CT molecular complexity index is 1490. The third-order valence-corrected chi connectivity index (χ3v) is 7.14. The number of amides is 2. The molecule has 2 amide bonds. The molecule has 5 rings (SSSR count). The van der Waals surface area contributed by atoms with Crippen LogP contribution in [0.25, 0.3) is 5.69 Å². The number of urea groups is 1. The summed E-state index contributed by atoms with van der Waals surface area (Å²) in [6.45, 7) is 11.6. The molecule has 0 atom stereocenters. The van der Waals surface area contributed by atoms with Crippen molar-refractivity contribution in [3.8, 4) is 17.3 Å². The smallest absolute Gasteiger partial charge is 0.324 e. The number of piperazine rings is 1. The van der Waals surface area contributed by atoms with Crippen LogP contribution in [-0.4, -0.2) is 75.9 Å². The number of nitrogens with one attached hydrogen (secondary N) is 3. The number of anilines is 3. The van der Waals surface area contributed by atoms with Crippen LogP contribution in [0, 0.1) is 0 Å². The molecule has 11 heteroatoms. The highest BCUT2D eigenvalue weighted by atomic mass is 16.5. The first-order valence-corrected chi connectivity index (χ1v) is 14.1. The van der Waals surface area contributed by atoms with Crippen molar-refractivity contribution in [2.45, 2.75) is 32.7 Å². The second-order valence-electron chi connectivity index (χ2n) is 11.5. The Morgan fingerprint density at radius 1 is 0.929 bits per heavy atom. The number of aromatic nitrogens is 4. The molecule has 4 aromatic rings. The van der Waals surface area contributed by atoms with E-state index in [1.54, 1.807) is 42.1 Å². The molecule has 1 saturated heterocycles. The Hall–Kier alpha value is -4.48. The summed E-state index contributed by atoms with van der Waals surface area (Å²) in [6.07, 6.45) is 1.43. The maximum Gasteiger partial charge on any atom is 0.324 e. The van der Waals surface area contributed by atoms with E-state index in [1.807, 2.05) is 6.07 Å². The van der Waals surface area contributed by atoms with Gasteiger partial charge >= 0.3 is 6.03 Å². The predicted molar refractivity (Wildman–Crippen MR) is 166 cm³/mol. The highest BCUT2D eigenvalue weighted by Crippen LogP contribution is 2.27. The summed E-state index contributed by atoms with van der Waals surface area (Å²) in [5.74, 6) is 2.26. The van der Waals surface area contributed by atoms with E-state index in [2.05, 4.69) is 87.8 Å². The van der Waals surface area contributed by atoms with Crippen LogP contribution in [0.3, 0.4) is 0 Å². The summed E-state index contributed by atoms with van der Waals surface area (Å²) >= 11 is 0. The van der Waals surface area contributed by atoms with Crippen molar-refractivity contribution in [2.24, 2.45) is 0 Å². The van der Waals surface area contributed by atoms with E-state index in [4.69, 9.17) is 9.84 Å². The fourth-order valence-corrected chi connectivity index (χ4v) is 4.58. The van der Waals surface area contributed by atoms with Crippen molar-refractivity contribution in [1.29, 1.82) is 0 Å². The van der Waals surface area contributed by atoms with Crippen LogP contribution in [0.2, 0.25) is 0 Å². The third kappa shape index (κ3) is 7.42. The van der Waals surface area contributed by atoms with Crippen molar-refractivity contribution in [1.82, 2.24) is 29.5 Å². The van der Waals surface area contributed by atoms with Crippen molar-refractivity contribution in [3.63, 3.8) is 0 Å². The summed E-state index contributed by atoms with van der Waals surface area (Å²) in [6, 6.07) is 18.7. The number of nitrogens with zero attached hydrogens (tertiary/aromatic N) is 6. The third-order valence-electron chi connectivity index (χ3n) is 7.14. The first-order valence-electron chi connectivity index (χ1n) is 14.1. The number of benzene rings is 2. The Morgan fingerprint density at radius 2 is 1.64 bits per heavy atom. The van der Waals surface area contributed by atoms with E-state index in [9.17, 15) is 4.79 Å². The van der Waals surface area contributed by atoms with Gasteiger partial charge in [-0.05, 0) is 49.0 Å². The minimum atomic E-state index is -0.369. The molecule has 2 aromatic carbocycles. The van der Waals surface area contributed by atoms with Crippen LogP contribution < -0.4 is 20.7 Å². The second kappa shape index (κ2) is 12.6. The van der Waals surface area contributed by atoms with E-state index in [1.165, 1.54) is 11.9 Å². The normalized spacial score (nSPS) is 14.4. The number of rotatable bonds is 8. The van der Waals surface area contributed by atoms with Crippen molar-refractivity contribution >= 4 is 23.4 Å². The molecule has 220 valence electrons. The standard InChI is InChI=1S/C31H39N9O2/c1-31(2,3)26-18-28(40(37-26)24-10-6-22(7-11-24)20-39-16-14-38(5)15-17-39)36-30(41)35-23-8-12-25(13-9-23)42-29-19-27(32-4)33-21-34-29/h6-13,18-19,21H,14-17,20H2,1-5H3,(H,32,33,34)(H2,35,36,41). The lowest BCUT2D eigenvalue weighted by atomic mass is 9.92. The van der Waals surface area contributed by atoms with Crippen LogP contribution in [0.4, 0.5) is 22.1 Å². The summed E-state index contributed by atoms with van der Waals surface area (Å²) < 4.78 is 7.58. The molecule has 1 fully saturated rings. The molecule has 0 saturated carbocycles. The monoisotopic (exact) mass is 569 g/mol. The maximum atomic E-state index is 13.0. The molecule has 3 heterocycles. The fraction of sp³-hybridized carbons (Fsp3) is 0.355. The van der Waals surface area contributed by atoms with Gasteiger partial charge in [0, 0.05) is 63.0 Å². The lowest BCUT2D eigenvalue weighted by molar-refractivity contribution is 0.148. The van der Waals surface area contributed by atoms with Crippen LogP contribution in [-0.2, 0) is 12.0 Å². The zero-order valence-corrected chi connectivity index (χ0v) is 24.9. The molecule has 2 aromatic heterocycles. The summed E-state index contributed by atoms with van der Waals surface area (Å²) in [4.78, 5) is 26.1. The number of carbonyl (C=O) groups is 1. The van der Waals surface area contributed by atoms with Gasteiger partial charge in [-0.2, -0.15) is 5.10 Å². The quantitative estimate of drug-likeness (QED) is 0.266. The molecule has 1 aliphatic rings. The number of likely N-dealkylation sites (N-methyl/N-ethyl adjacent to an activating group) is 1. The first kappa shape index (κ1) is 29.0. The molecule has 0 aliphatic carbocycles. The molecule has 42 heavy (non-hydrogen) atoms. The van der Waals surface area contributed by atoms with E-state index < -0.39 is 0 Å². The number of carbonyl (C=O) groups excluding carboxylic acids is 1. The van der Waals surface area contributed by atoms with E-state index in [0.29, 0.717) is 29.0 Å². The Kier molecular flexibility index (Phi) is 8.69. The number of hydrogen-bond acceptors (Lipinski definition) is 8. The largest absolute Gasteiger partial charge is 0.439 e. The molecule has 11 nitrogen and oxygen atoms in total. The zero-order valence-electron chi connectivity index (χ0n) is 24.9. The van der Waals surface area contributed by atoms with Gasteiger partial charge in [0.25, 0.3) is 0 Å². The molecule has 0 spiro atoms. The van der Waals surface area contributed by atoms with Crippen molar-refractivity contribution < 1.29 is 9.53 Å². The van der Waals surface area contributed by atoms with E-state index in [-0.39, 0.29) is 11.4 Å². The van der Waals surface area contributed by atoms with Crippen molar-refractivity contribution in [2.75, 3.05) is 56.2 Å². The topological polar surface area (TPSA) is 112 Å². The highest BCUT2D eigenvalue weighted by Gasteiger charge is 2.22. The van der Waals surface area contributed by atoms with Gasteiger partial charge in [-0.15, -0.1) is 0 Å². The van der Waals surface area contributed by atoms with Gasteiger partial charge in [0.05, 0.1) is 11.4 Å². The molecule has 3 N–H and O–H groups in total. The lowest BCUT2D eigenvalue weighted by Gasteiger charge is -2.32.